The van der Waals surface area contributed by atoms with Crippen molar-refractivity contribution >= 4 is 31.9 Å². The summed E-state index contributed by atoms with van der Waals surface area (Å²) in [6, 6.07) is 4.71. The zero-order valence-electron chi connectivity index (χ0n) is 11.5. The van der Waals surface area contributed by atoms with Gasteiger partial charge >= 0.3 is 0 Å². The van der Waals surface area contributed by atoms with Crippen molar-refractivity contribution in [3.8, 4) is 5.75 Å². The van der Waals surface area contributed by atoms with Gasteiger partial charge in [-0.05, 0) is 53.7 Å². The van der Waals surface area contributed by atoms with Gasteiger partial charge in [0, 0.05) is 22.6 Å². The van der Waals surface area contributed by atoms with Crippen LogP contribution in [0.15, 0.2) is 21.1 Å². The highest BCUT2D eigenvalue weighted by Gasteiger charge is 2.21. The van der Waals surface area contributed by atoms with Crippen LogP contribution >= 0.6 is 31.9 Å². The molecule has 0 saturated heterocycles. The average Bonchev–Trinajstić information content (AvgIpc) is 2.89. The van der Waals surface area contributed by atoms with Gasteiger partial charge in [-0.3, -0.25) is 0 Å². The fourth-order valence-electron chi connectivity index (χ4n) is 2.87. The summed E-state index contributed by atoms with van der Waals surface area (Å²) < 4.78 is 7.55. The van der Waals surface area contributed by atoms with Crippen LogP contribution in [0, 0.1) is 5.92 Å². The van der Waals surface area contributed by atoms with Gasteiger partial charge in [-0.15, -0.1) is 0 Å². The van der Waals surface area contributed by atoms with Crippen LogP contribution in [0.2, 0.25) is 0 Å². The maximum Gasteiger partial charge on any atom is 0.137 e. The maximum absolute atomic E-state index is 5.48. The van der Waals surface area contributed by atoms with Crippen molar-refractivity contribution in [1.29, 1.82) is 0 Å². The Morgan fingerprint density at radius 3 is 2.63 bits per heavy atom. The molecule has 4 heteroatoms. The van der Waals surface area contributed by atoms with E-state index >= 15 is 0 Å². The minimum absolute atomic E-state index is 0.574. The molecule has 0 heterocycles. The molecule has 1 fully saturated rings. The lowest BCUT2D eigenvalue weighted by Crippen LogP contribution is -2.31. The van der Waals surface area contributed by atoms with Crippen LogP contribution < -0.4 is 10.1 Å². The van der Waals surface area contributed by atoms with Crippen LogP contribution in [-0.2, 0) is 6.54 Å². The summed E-state index contributed by atoms with van der Waals surface area (Å²) in [6.07, 6.45) is 5.52. The number of halogens is 2. The molecule has 1 aliphatic carbocycles. The molecule has 2 nitrogen and oxygen atoms in total. The molecule has 1 unspecified atom stereocenters. The van der Waals surface area contributed by atoms with Gasteiger partial charge in [0.2, 0.25) is 0 Å². The molecular weight excluding hydrogens is 370 g/mol. The molecule has 0 amide bonds. The summed E-state index contributed by atoms with van der Waals surface area (Å²) in [5.74, 6) is 1.76. The molecule has 1 aromatic rings. The Kier molecular flexibility index (Phi) is 5.72. The van der Waals surface area contributed by atoms with Gasteiger partial charge in [0.15, 0.2) is 0 Å². The van der Waals surface area contributed by atoms with E-state index in [1.54, 1.807) is 7.11 Å². The Hall–Kier alpha value is -0.0600. The van der Waals surface area contributed by atoms with Crippen molar-refractivity contribution in [2.24, 2.45) is 5.92 Å². The standard InChI is InChI=1S/C15H21Br2NO/c1-10(11-5-3-4-6-11)18-9-12-7-13(16)8-14(17)15(12)19-2/h7-8,10-11,18H,3-6,9H2,1-2H3. The van der Waals surface area contributed by atoms with E-state index in [0.29, 0.717) is 6.04 Å². The van der Waals surface area contributed by atoms with Crippen molar-refractivity contribution in [3.05, 3.63) is 26.6 Å². The smallest absolute Gasteiger partial charge is 0.137 e. The SMILES string of the molecule is COc1c(Br)cc(Br)cc1CNC(C)C1CCCC1. The Morgan fingerprint density at radius 1 is 1.32 bits per heavy atom. The lowest BCUT2D eigenvalue weighted by Gasteiger charge is -2.21. The van der Waals surface area contributed by atoms with Crippen molar-refractivity contribution in [1.82, 2.24) is 5.32 Å². The van der Waals surface area contributed by atoms with Gasteiger partial charge in [0.05, 0.1) is 11.6 Å². The van der Waals surface area contributed by atoms with Gasteiger partial charge in [0.1, 0.15) is 5.75 Å². The van der Waals surface area contributed by atoms with Crippen molar-refractivity contribution in [2.75, 3.05) is 7.11 Å². The molecule has 0 spiro atoms. The quantitative estimate of drug-likeness (QED) is 0.772. The summed E-state index contributed by atoms with van der Waals surface area (Å²) in [5, 5.41) is 3.65. The van der Waals surface area contributed by atoms with Crippen LogP contribution in [0.4, 0.5) is 0 Å². The molecule has 0 radical (unpaired) electrons. The van der Waals surface area contributed by atoms with Crippen LogP contribution in [0.5, 0.6) is 5.75 Å². The molecule has 19 heavy (non-hydrogen) atoms. The second kappa shape index (κ2) is 7.09. The molecule has 106 valence electrons. The largest absolute Gasteiger partial charge is 0.495 e. The van der Waals surface area contributed by atoms with Crippen molar-refractivity contribution in [3.63, 3.8) is 0 Å². The zero-order chi connectivity index (χ0) is 13.8. The monoisotopic (exact) mass is 389 g/mol. The summed E-state index contributed by atoms with van der Waals surface area (Å²) in [7, 11) is 1.72. The number of hydrogen-bond acceptors (Lipinski definition) is 2. The first-order valence-corrected chi connectivity index (χ1v) is 8.45. The number of nitrogens with one attached hydrogen (secondary N) is 1. The minimum atomic E-state index is 0.574. The average molecular weight is 391 g/mol. The molecule has 2 rings (SSSR count). The highest BCUT2D eigenvalue weighted by Crippen LogP contribution is 2.33. The fraction of sp³-hybridized carbons (Fsp3) is 0.600. The summed E-state index contributed by atoms with van der Waals surface area (Å²) in [6.45, 7) is 3.15. The molecular formula is C15H21Br2NO. The number of rotatable bonds is 5. The molecule has 1 N–H and O–H groups in total. The van der Waals surface area contributed by atoms with E-state index in [1.807, 2.05) is 6.07 Å². The fourth-order valence-corrected chi connectivity index (χ4v) is 4.34. The highest BCUT2D eigenvalue weighted by atomic mass is 79.9. The van der Waals surface area contributed by atoms with Crippen molar-refractivity contribution < 1.29 is 4.74 Å². The Morgan fingerprint density at radius 2 is 2.00 bits per heavy atom. The van der Waals surface area contributed by atoms with E-state index in [9.17, 15) is 0 Å². The normalized spacial score (nSPS) is 17.7. The molecule has 1 atom stereocenters. The molecule has 0 aliphatic heterocycles. The minimum Gasteiger partial charge on any atom is -0.495 e. The van der Waals surface area contributed by atoms with E-state index in [-0.39, 0.29) is 0 Å². The first kappa shape index (κ1) is 15.3. The Bertz CT molecular complexity index is 430. The van der Waals surface area contributed by atoms with Gasteiger partial charge in [-0.2, -0.15) is 0 Å². The van der Waals surface area contributed by atoms with E-state index in [4.69, 9.17) is 4.74 Å². The van der Waals surface area contributed by atoms with Gasteiger partial charge in [-0.25, -0.2) is 0 Å². The first-order valence-electron chi connectivity index (χ1n) is 6.87. The molecule has 0 aromatic heterocycles. The van der Waals surface area contributed by atoms with Crippen LogP contribution in [0.3, 0.4) is 0 Å². The van der Waals surface area contributed by atoms with E-state index in [2.05, 4.69) is 50.2 Å². The number of ether oxygens (including phenoxy) is 1. The molecule has 1 saturated carbocycles. The lowest BCUT2D eigenvalue weighted by molar-refractivity contribution is 0.370. The molecule has 0 bridgehead atoms. The maximum atomic E-state index is 5.48. The molecule has 1 aromatic carbocycles. The Labute approximate surface area is 132 Å². The number of hydrogen-bond donors (Lipinski definition) is 1. The second-order valence-corrected chi connectivity index (χ2v) is 7.06. The van der Waals surface area contributed by atoms with E-state index in [0.717, 1.165) is 27.2 Å². The third-order valence-electron chi connectivity index (χ3n) is 4.01. The number of benzene rings is 1. The third-order valence-corrected chi connectivity index (χ3v) is 5.06. The molecule has 1 aliphatic rings. The van der Waals surface area contributed by atoms with Crippen molar-refractivity contribution in [2.45, 2.75) is 45.2 Å². The van der Waals surface area contributed by atoms with E-state index < -0.39 is 0 Å². The lowest BCUT2D eigenvalue weighted by atomic mass is 9.99. The van der Waals surface area contributed by atoms with Gasteiger partial charge < -0.3 is 10.1 Å². The summed E-state index contributed by atoms with van der Waals surface area (Å²) in [5.41, 5.74) is 1.19. The summed E-state index contributed by atoms with van der Waals surface area (Å²) >= 11 is 7.08. The van der Waals surface area contributed by atoms with Crippen LogP contribution in [-0.4, -0.2) is 13.2 Å². The topological polar surface area (TPSA) is 21.3 Å². The number of methoxy groups -OCH3 is 1. The summed E-state index contributed by atoms with van der Waals surface area (Å²) in [4.78, 5) is 0. The van der Waals surface area contributed by atoms with E-state index in [1.165, 1.54) is 31.2 Å². The van der Waals surface area contributed by atoms with Crippen LogP contribution in [0.25, 0.3) is 0 Å². The second-order valence-electron chi connectivity index (χ2n) is 5.29. The van der Waals surface area contributed by atoms with Gasteiger partial charge in [-0.1, -0.05) is 28.8 Å². The highest BCUT2D eigenvalue weighted by molar-refractivity contribution is 9.11. The predicted molar refractivity (Wildman–Crippen MR) is 86.7 cm³/mol. The Balaban J connectivity index is 2.02. The van der Waals surface area contributed by atoms with Crippen LogP contribution in [0.1, 0.15) is 38.2 Å². The first-order chi connectivity index (χ1) is 9.11. The van der Waals surface area contributed by atoms with Gasteiger partial charge in [0.25, 0.3) is 0 Å². The zero-order valence-corrected chi connectivity index (χ0v) is 14.7. The third kappa shape index (κ3) is 3.96. The predicted octanol–water partition coefficient (Wildman–Crippen LogP) is 4.89.